The maximum absolute atomic E-state index is 13.8. The summed E-state index contributed by atoms with van der Waals surface area (Å²) in [6, 6.07) is 4.74. The zero-order valence-electron chi connectivity index (χ0n) is 12.7. The fourth-order valence-corrected chi connectivity index (χ4v) is 3.48. The molecule has 0 spiro atoms. The number of rotatable bonds is 5. The number of carboxylic acids is 1. The number of ether oxygens (including phenoxy) is 1. The predicted octanol–water partition coefficient (Wildman–Crippen LogP) is 4.05. The summed E-state index contributed by atoms with van der Waals surface area (Å²) in [5.41, 5.74) is -0.0209. The molecule has 3 nitrogen and oxygen atoms in total. The van der Waals surface area contributed by atoms with E-state index in [1.807, 2.05) is 0 Å². The third kappa shape index (κ3) is 3.36. The van der Waals surface area contributed by atoms with Crippen LogP contribution in [0.25, 0.3) is 0 Å². The van der Waals surface area contributed by atoms with E-state index in [1.54, 1.807) is 12.1 Å². The van der Waals surface area contributed by atoms with Crippen molar-refractivity contribution < 1.29 is 19.0 Å². The van der Waals surface area contributed by atoms with E-state index < -0.39 is 17.2 Å². The van der Waals surface area contributed by atoms with E-state index in [0.29, 0.717) is 25.2 Å². The van der Waals surface area contributed by atoms with Gasteiger partial charge in [-0.3, -0.25) is 4.79 Å². The zero-order chi connectivity index (χ0) is 15.5. The maximum atomic E-state index is 13.8. The molecule has 0 heterocycles. The Balaban J connectivity index is 2.24. The molecule has 116 valence electrons. The normalized spacial score (nSPS) is 25.6. The predicted molar refractivity (Wildman–Crippen MR) is 79.0 cm³/mol. The Morgan fingerprint density at radius 1 is 1.52 bits per heavy atom. The summed E-state index contributed by atoms with van der Waals surface area (Å²) in [5.74, 6) is -0.536. The highest BCUT2D eigenvalue weighted by Gasteiger charge is 2.42. The van der Waals surface area contributed by atoms with E-state index in [0.717, 1.165) is 24.8 Å². The highest BCUT2D eigenvalue weighted by Crippen LogP contribution is 2.43. The topological polar surface area (TPSA) is 46.5 Å². The van der Waals surface area contributed by atoms with Crippen molar-refractivity contribution in [2.24, 2.45) is 11.3 Å². The first kappa shape index (κ1) is 15.8. The van der Waals surface area contributed by atoms with Crippen molar-refractivity contribution in [1.29, 1.82) is 0 Å². The van der Waals surface area contributed by atoms with E-state index in [9.17, 15) is 14.3 Å². The molecule has 1 aliphatic rings. The monoisotopic (exact) mass is 294 g/mol. The van der Waals surface area contributed by atoms with Gasteiger partial charge in [-0.05, 0) is 42.9 Å². The molecule has 1 aromatic carbocycles. The fourth-order valence-electron chi connectivity index (χ4n) is 3.48. The van der Waals surface area contributed by atoms with Gasteiger partial charge in [0, 0.05) is 0 Å². The van der Waals surface area contributed by atoms with Crippen molar-refractivity contribution in [3.63, 3.8) is 0 Å². The van der Waals surface area contributed by atoms with Crippen molar-refractivity contribution in [3.05, 3.63) is 29.6 Å². The molecule has 1 N–H and O–H groups in total. The van der Waals surface area contributed by atoms with Crippen LogP contribution in [0.1, 0.15) is 44.6 Å². The van der Waals surface area contributed by atoms with Gasteiger partial charge in [0.15, 0.2) is 11.6 Å². The molecule has 4 heteroatoms. The Morgan fingerprint density at radius 2 is 2.29 bits per heavy atom. The van der Waals surface area contributed by atoms with Crippen LogP contribution >= 0.6 is 0 Å². The third-order valence-electron chi connectivity index (χ3n) is 4.74. The SMILES string of the molecule is CCC1CCCC(Cc2ccc(OC)c(F)c2)(C(=O)O)C1. The quantitative estimate of drug-likeness (QED) is 0.891. The highest BCUT2D eigenvalue weighted by molar-refractivity contribution is 5.75. The maximum Gasteiger partial charge on any atom is 0.309 e. The highest BCUT2D eigenvalue weighted by atomic mass is 19.1. The molecule has 2 atom stereocenters. The van der Waals surface area contributed by atoms with Gasteiger partial charge in [-0.15, -0.1) is 0 Å². The molecule has 1 fully saturated rings. The minimum Gasteiger partial charge on any atom is -0.494 e. The zero-order valence-corrected chi connectivity index (χ0v) is 12.7. The van der Waals surface area contributed by atoms with Gasteiger partial charge in [0.1, 0.15) is 0 Å². The summed E-state index contributed by atoms with van der Waals surface area (Å²) in [4.78, 5) is 11.8. The lowest BCUT2D eigenvalue weighted by atomic mass is 9.66. The number of benzene rings is 1. The smallest absolute Gasteiger partial charge is 0.309 e. The molecule has 0 amide bonds. The number of methoxy groups -OCH3 is 1. The largest absolute Gasteiger partial charge is 0.494 e. The van der Waals surface area contributed by atoms with Gasteiger partial charge in [-0.2, -0.15) is 0 Å². The number of carboxylic acid groups (broad SMARTS) is 1. The first-order valence-corrected chi connectivity index (χ1v) is 7.56. The first-order valence-electron chi connectivity index (χ1n) is 7.56. The summed E-state index contributed by atoms with van der Waals surface area (Å²) >= 11 is 0. The van der Waals surface area contributed by atoms with Crippen LogP contribution in [-0.4, -0.2) is 18.2 Å². The number of halogens is 1. The molecule has 21 heavy (non-hydrogen) atoms. The molecule has 2 rings (SSSR count). The minimum atomic E-state index is -0.753. The van der Waals surface area contributed by atoms with Crippen LogP contribution < -0.4 is 4.74 Å². The van der Waals surface area contributed by atoms with E-state index in [2.05, 4.69) is 6.92 Å². The lowest BCUT2D eigenvalue weighted by Crippen LogP contribution is -2.38. The number of hydrogen-bond acceptors (Lipinski definition) is 2. The van der Waals surface area contributed by atoms with Crippen LogP contribution in [0.15, 0.2) is 18.2 Å². The van der Waals surface area contributed by atoms with Crippen molar-refractivity contribution in [2.45, 2.75) is 45.4 Å². The average Bonchev–Trinajstić information content (AvgIpc) is 2.47. The number of hydrogen-bond donors (Lipinski definition) is 1. The molecule has 0 aromatic heterocycles. The molecule has 0 saturated heterocycles. The van der Waals surface area contributed by atoms with Crippen LogP contribution in [0.4, 0.5) is 4.39 Å². The van der Waals surface area contributed by atoms with E-state index in [-0.39, 0.29) is 5.75 Å². The minimum absolute atomic E-state index is 0.193. The summed E-state index contributed by atoms with van der Waals surface area (Å²) in [6.07, 6.45) is 4.79. The molecular weight excluding hydrogens is 271 g/mol. The second kappa shape index (κ2) is 6.46. The van der Waals surface area contributed by atoms with Crippen molar-refractivity contribution >= 4 is 5.97 Å². The van der Waals surface area contributed by atoms with Gasteiger partial charge < -0.3 is 9.84 Å². The average molecular weight is 294 g/mol. The summed E-state index contributed by atoms with van der Waals surface area (Å²) in [7, 11) is 1.42. The standard InChI is InChI=1S/C17H23FO3/c1-3-12-5-4-8-17(10-12,16(19)20)11-13-6-7-15(21-2)14(18)9-13/h6-7,9,12H,3-5,8,10-11H2,1-2H3,(H,19,20). The van der Waals surface area contributed by atoms with Crippen molar-refractivity contribution in [3.8, 4) is 5.75 Å². The van der Waals surface area contributed by atoms with Crippen LogP contribution in [0.3, 0.4) is 0 Å². The molecule has 2 unspecified atom stereocenters. The fraction of sp³-hybridized carbons (Fsp3) is 0.588. The van der Waals surface area contributed by atoms with Crippen LogP contribution in [0.2, 0.25) is 0 Å². The lowest BCUT2D eigenvalue weighted by Gasteiger charge is -2.37. The number of aliphatic carboxylic acids is 1. The molecule has 1 aliphatic carbocycles. The van der Waals surface area contributed by atoms with Gasteiger partial charge >= 0.3 is 5.97 Å². The third-order valence-corrected chi connectivity index (χ3v) is 4.74. The van der Waals surface area contributed by atoms with Gasteiger partial charge in [-0.25, -0.2) is 4.39 Å². The van der Waals surface area contributed by atoms with Crippen molar-refractivity contribution in [1.82, 2.24) is 0 Å². The molecule has 0 bridgehead atoms. The summed E-state index contributed by atoms with van der Waals surface area (Å²) in [6.45, 7) is 2.11. The second-order valence-corrected chi connectivity index (χ2v) is 6.10. The molecule has 1 saturated carbocycles. The summed E-state index contributed by atoms with van der Waals surface area (Å²) < 4.78 is 18.7. The van der Waals surface area contributed by atoms with E-state index in [1.165, 1.54) is 13.2 Å². The first-order chi connectivity index (χ1) is 10.0. The van der Waals surface area contributed by atoms with Crippen LogP contribution in [0, 0.1) is 17.2 Å². The molecular formula is C17H23FO3. The molecule has 1 aromatic rings. The Morgan fingerprint density at radius 3 is 2.86 bits per heavy atom. The summed E-state index contributed by atoms with van der Waals surface area (Å²) in [5, 5.41) is 9.71. The lowest BCUT2D eigenvalue weighted by molar-refractivity contribution is -0.152. The molecule has 0 radical (unpaired) electrons. The van der Waals surface area contributed by atoms with Crippen LogP contribution in [0.5, 0.6) is 5.75 Å². The second-order valence-electron chi connectivity index (χ2n) is 6.10. The van der Waals surface area contributed by atoms with E-state index >= 15 is 0 Å². The van der Waals surface area contributed by atoms with E-state index in [4.69, 9.17) is 4.74 Å². The Labute approximate surface area is 125 Å². The Bertz CT molecular complexity index is 515. The Kier molecular flexibility index (Phi) is 4.86. The van der Waals surface area contributed by atoms with Gasteiger partial charge in [0.25, 0.3) is 0 Å². The molecule has 0 aliphatic heterocycles. The van der Waals surface area contributed by atoms with Gasteiger partial charge in [0.2, 0.25) is 0 Å². The Hall–Kier alpha value is -1.58. The van der Waals surface area contributed by atoms with Gasteiger partial charge in [0.05, 0.1) is 12.5 Å². The van der Waals surface area contributed by atoms with Gasteiger partial charge in [-0.1, -0.05) is 32.3 Å². The number of carbonyl (C=O) groups is 1. The van der Waals surface area contributed by atoms with Crippen molar-refractivity contribution in [2.75, 3.05) is 7.11 Å². The van der Waals surface area contributed by atoms with Crippen LogP contribution in [-0.2, 0) is 11.2 Å².